The Labute approximate surface area is 89.5 Å². The van der Waals surface area contributed by atoms with Crippen LogP contribution in [-0.4, -0.2) is 19.1 Å². The van der Waals surface area contributed by atoms with Crippen molar-refractivity contribution in [2.45, 2.75) is 19.6 Å². The molecule has 0 unspecified atom stereocenters. The first-order valence-corrected chi connectivity index (χ1v) is 8.24. The maximum Gasteiger partial charge on any atom is 0.337 e. The van der Waals surface area contributed by atoms with Gasteiger partial charge >= 0.3 is 5.97 Å². The second kappa shape index (κ2) is 3.75. The lowest BCUT2D eigenvalue weighted by Gasteiger charge is -2.19. The summed E-state index contributed by atoms with van der Waals surface area (Å²) in [4.78, 5) is 11.0. The minimum absolute atomic E-state index is 0.272. The summed E-state index contributed by atoms with van der Waals surface area (Å²) >= 11 is 5.87. The van der Waals surface area contributed by atoms with Crippen molar-refractivity contribution in [1.29, 1.82) is 0 Å². The average Bonchev–Trinajstić information content (AvgIpc) is 2.01. The van der Waals surface area contributed by atoms with E-state index in [9.17, 15) is 4.79 Å². The largest absolute Gasteiger partial charge is 0.478 e. The van der Waals surface area contributed by atoms with Gasteiger partial charge in [0.25, 0.3) is 0 Å². The predicted molar refractivity (Wildman–Crippen MR) is 61.4 cm³/mol. The number of hydrogen-bond acceptors (Lipinski definition) is 1. The van der Waals surface area contributed by atoms with Crippen LogP contribution >= 0.6 is 11.6 Å². The highest BCUT2D eigenvalue weighted by atomic mass is 35.5. The highest BCUT2D eigenvalue weighted by molar-refractivity contribution is 6.89. The minimum Gasteiger partial charge on any atom is -0.478 e. The van der Waals surface area contributed by atoms with E-state index in [0.717, 1.165) is 5.19 Å². The summed E-state index contributed by atoms with van der Waals surface area (Å²) in [5, 5.41) is 10.3. The smallest absolute Gasteiger partial charge is 0.337 e. The van der Waals surface area contributed by atoms with Crippen LogP contribution in [0.5, 0.6) is 0 Å². The van der Waals surface area contributed by atoms with E-state index in [-0.39, 0.29) is 5.56 Å². The van der Waals surface area contributed by atoms with Crippen molar-refractivity contribution >= 4 is 30.8 Å². The van der Waals surface area contributed by atoms with Gasteiger partial charge in [0, 0.05) is 0 Å². The Hall–Kier alpha value is -0.803. The van der Waals surface area contributed by atoms with Gasteiger partial charge in [0.1, 0.15) is 0 Å². The molecule has 1 aromatic carbocycles. The van der Waals surface area contributed by atoms with Crippen LogP contribution in [0.15, 0.2) is 18.2 Å². The molecule has 1 aromatic rings. The molecule has 0 aliphatic heterocycles. The molecule has 0 amide bonds. The van der Waals surface area contributed by atoms with Crippen molar-refractivity contribution in [1.82, 2.24) is 0 Å². The lowest BCUT2D eigenvalue weighted by Crippen LogP contribution is -2.41. The first kappa shape index (κ1) is 11.3. The van der Waals surface area contributed by atoms with Crippen molar-refractivity contribution in [2.24, 2.45) is 0 Å². The third-order valence-corrected chi connectivity index (χ3v) is 4.38. The quantitative estimate of drug-likeness (QED) is 0.791. The standard InChI is InChI=1S/C10H13ClO2Si/c1-14(2,3)8-6-4-5-7(11)9(8)10(12)13/h4-6H,1-3H3,(H,12,13). The number of carbonyl (C=O) groups is 1. The van der Waals surface area contributed by atoms with Crippen LogP contribution in [0, 0.1) is 0 Å². The highest BCUT2D eigenvalue weighted by Crippen LogP contribution is 2.17. The zero-order valence-corrected chi connectivity index (χ0v) is 10.2. The Morgan fingerprint density at radius 1 is 1.36 bits per heavy atom. The maximum absolute atomic E-state index is 11.0. The normalized spacial score (nSPS) is 11.4. The molecule has 0 radical (unpaired) electrons. The van der Waals surface area contributed by atoms with Crippen LogP contribution in [0.25, 0.3) is 0 Å². The summed E-state index contributed by atoms with van der Waals surface area (Å²) in [5.41, 5.74) is 0.272. The van der Waals surface area contributed by atoms with E-state index in [0.29, 0.717) is 5.02 Å². The lowest BCUT2D eigenvalue weighted by molar-refractivity contribution is 0.0698. The number of aromatic carboxylic acids is 1. The van der Waals surface area contributed by atoms with E-state index in [1.54, 1.807) is 6.07 Å². The van der Waals surface area contributed by atoms with Crippen LogP contribution in [0.3, 0.4) is 0 Å². The molecule has 0 heterocycles. The fourth-order valence-electron chi connectivity index (χ4n) is 1.37. The Morgan fingerprint density at radius 2 is 1.93 bits per heavy atom. The van der Waals surface area contributed by atoms with E-state index in [1.165, 1.54) is 0 Å². The molecule has 14 heavy (non-hydrogen) atoms. The molecule has 0 aliphatic carbocycles. The van der Waals surface area contributed by atoms with Gasteiger partial charge in [-0.2, -0.15) is 0 Å². The second-order valence-corrected chi connectivity index (χ2v) is 9.66. The molecule has 76 valence electrons. The van der Waals surface area contributed by atoms with Crippen LogP contribution < -0.4 is 5.19 Å². The van der Waals surface area contributed by atoms with Gasteiger partial charge < -0.3 is 5.11 Å². The fourth-order valence-corrected chi connectivity index (χ4v) is 3.29. The van der Waals surface area contributed by atoms with E-state index >= 15 is 0 Å². The minimum atomic E-state index is -1.64. The fraction of sp³-hybridized carbons (Fsp3) is 0.300. The monoisotopic (exact) mass is 228 g/mol. The van der Waals surface area contributed by atoms with Gasteiger partial charge in [0.2, 0.25) is 0 Å². The zero-order valence-electron chi connectivity index (χ0n) is 8.47. The van der Waals surface area contributed by atoms with Crippen LogP contribution in [0.4, 0.5) is 0 Å². The van der Waals surface area contributed by atoms with E-state index in [4.69, 9.17) is 16.7 Å². The molecule has 0 bridgehead atoms. The Morgan fingerprint density at radius 3 is 2.29 bits per heavy atom. The molecular formula is C10H13ClO2Si. The molecule has 4 heteroatoms. The van der Waals surface area contributed by atoms with Gasteiger partial charge in [-0.25, -0.2) is 4.79 Å². The Kier molecular flexibility index (Phi) is 3.02. The highest BCUT2D eigenvalue weighted by Gasteiger charge is 2.24. The molecule has 0 aromatic heterocycles. The van der Waals surface area contributed by atoms with Gasteiger partial charge in [-0.3, -0.25) is 0 Å². The van der Waals surface area contributed by atoms with E-state index in [2.05, 4.69) is 19.6 Å². The van der Waals surface area contributed by atoms with Crippen molar-refractivity contribution < 1.29 is 9.90 Å². The third-order valence-electron chi connectivity index (χ3n) is 2.04. The molecule has 0 saturated heterocycles. The number of carboxylic acid groups (broad SMARTS) is 1. The van der Waals surface area contributed by atoms with Gasteiger partial charge in [-0.15, -0.1) is 0 Å². The number of hydrogen-bond donors (Lipinski definition) is 1. The molecule has 2 nitrogen and oxygen atoms in total. The van der Waals surface area contributed by atoms with Crippen molar-refractivity contribution in [3.8, 4) is 0 Å². The van der Waals surface area contributed by atoms with Gasteiger partial charge in [0.15, 0.2) is 0 Å². The van der Waals surface area contributed by atoms with Gasteiger partial charge in [-0.05, 0) is 11.3 Å². The van der Waals surface area contributed by atoms with E-state index in [1.807, 2.05) is 12.1 Å². The summed E-state index contributed by atoms with van der Waals surface area (Å²) in [6.07, 6.45) is 0. The van der Waals surface area contributed by atoms with Crippen molar-refractivity contribution in [2.75, 3.05) is 0 Å². The molecule has 0 atom stereocenters. The number of halogens is 1. The molecule has 0 saturated carbocycles. The molecule has 0 spiro atoms. The van der Waals surface area contributed by atoms with Crippen LogP contribution in [0.2, 0.25) is 24.7 Å². The zero-order chi connectivity index (χ0) is 10.9. The molecule has 1 N–H and O–H groups in total. The summed E-state index contributed by atoms with van der Waals surface area (Å²) in [6, 6.07) is 5.29. The predicted octanol–water partition coefficient (Wildman–Crippen LogP) is 2.58. The molecular weight excluding hydrogens is 216 g/mol. The van der Waals surface area contributed by atoms with E-state index < -0.39 is 14.0 Å². The average molecular weight is 229 g/mol. The molecule has 0 fully saturated rings. The van der Waals surface area contributed by atoms with Gasteiger partial charge in [-0.1, -0.05) is 43.4 Å². The summed E-state index contributed by atoms with van der Waals surface area (Å²) in [6.45, 7) is 6.31. The van der Waals surface area contributed by atoms with Crippen molar-refractivity contribution in [3.63, 3.8) is 0 Å². The second-order valence-electron chi connectivity index (χ2n) is 4.22. The van der Waals surface area contributed by atoms with Gasteiger partial charge in [0.05, 0.1) is 18.7 Å². The first-order valence-electron chi connectivity index (χ1n) is 4.36. The Bertz CT molecular complexity index is 369. The Balaban J connectivity index is 3.44. The van der Waals surface area contributed by atoms with Crippen LogP contribution in [0.1, 0.15) is 10.4 Å². The summed E-state index contributed by atoms with van der Waals surface area (Å²) in [7, 11) is -1.64. The van der Waals surface area contributed by atoms with Crippen LogP contribution in [-0.2, 0) is 0 Å². The summed E-state index contributed by atoms with van der Waals surface area (Å²) in [5.74, 6) is -0.937. The topological polar surface area (TPSA) is 37.3 Å². The maximum atomic E-state index is 11.0. The van der Waals surface area contributed by atoms with Crippen molar-refractivity contribution in [3.05, 3.63) is 28.8 Å². The third kappa shape index (κ3) is 2.16. The first-order chi connectivity index (χ1) is 6.34. The summed E-state index contributed by atoms with van der Waals surface area (Å²) < 4.78 is 0. The molecule has 1 rings (SSSR count). The molecule has 0 aliphatic rings. The number of benzene rings is 1. The number of rotatable bonds is 2. The number of carboxylic acids is 1. The SMILES string of the molecule is C[Si](C)(C)c1cccc(Cl)c1C(=O)O. The lowest BCUT2D eigenvalue weighted by atomic mass is 10.2.